The fraction of sp³-hybridized carbons (Fsp3) is 0.610. The molecule has 0 aromatic carbocycles. The Hall–Kier alpha value is -3.82. The fourth-order valence-corrected chi connectivity index (χ4v) is 8.44. The van der Waals surface area contributed by atoms with Gasteiger partial charge in [-0.25, -0.2) is 23.1 Å². The highest BCUT2D eigenvalue weighted by Gasteiger charge is 2.59. The SMILES string of the molecule is CC#CC#CC#CC#CC#CC#CC#CC(=O)OC[C@H](COP(=O)(O)OC1C(O)[C@@H](OP(=O)(O)O)C(OP(=O)(O)O)[C@@H](OP(=O)(O)O)[C@H]1O)OC(=O)CCCCCCCCCCCCCCC.N.[HH].[HH].[HH].[HH].[HH].[HH].[HH].[HH].[HH].[HH].[HH].[HH].[HH]. The number of carbonyl (C=O) groups is 2. The quantitative estimate of drug-likeness (QED) is 0.0141. The largest absolute Gasteiger partial charge is 0.472 e. The first-order chi connectivity index (χ1) is 31.5. The van der Waals surface area contributed by atoms with Crippen molar-refractivity contribution in [2.45, 2.75) is 146 Å². The Morgan fingerprint density at radius 3 is 1.32 bits per heavy atom. The number of hydrogen-bond donors (Lipinski definition) is 10. The molecule has 0 aromatic rings. The zero-order chi connectivity index (χ0) is 50.4. The van der Waals surface area contributed by atoms with Crippen molar-refractivity contribution in [2.24, 2.45) is 0 Å². The molecular weight excluding hydrogens is 982 g/mol. The van der Waals surface area contributed by atoms with Crippen molar-refractivity contribution in [3.05, 3.63) is 0 Å². The van der Waals surface area contributed by atoms with Crippen molar-refractivity contribution in [2.75, 3.05) is 13.2 Å². The molecule has 0 bridgehead atoms. The maximum absolute atomic E-state index is 13.2. The third-order valence-corrected chi connectivity index (χ3v) is 11.1. The molecule has 12 N–H and O–H groups in total. The molecule has 1 rings (SSSR count). The Morgan fingerprint density at radius 2 is 0.912 bits per heavy atom. The molecule has 23 nitrogen and oxygen atoms in total. The molecule has 4 unspecified atom stereocenters. The van der Waals surface area contributed by atoms with Gasteiger partial charge < -0.3 is 60.1 Å². The Morgan fingerprint density at radius 1 is 0.529 bits per heavy atom. The van der Waals surface area contributed by atoms with E-state index in [2.05, 4.69) is 97.5 Å². The zero-order valence-electron chi connectivity index (χ0n) is 37.2. The molecule has 1 aliphatic rings. The summed E-state index contributed by atoms with van der Waals surface area (Å²) in [6.07, 6.45) is -5.05. The van der Waals surface area contributed by atoms with Crippen molar-refractivity contribution in [3.63, 3.8) is 0 Å². The van der Waals surface area contributed by atoms with Gasteiger partial charge in [0.1, 0.15) is 43.2 Å². The number of phosphoric ester groups is 4. The number of aliphatic hydroxyl groups excluding tert-OH is 2. The van der Waals surface area contributed by atoms with E-state index in [-0.39, 0.29) is 31.1 Å². The molecular formula is C41H83NO22P4. The van der Waals surface area contributed by atoms with Gasteiger partial charge in [0.2, 0.25) is 0 Å². The number of phosphoric acid groups is 4. The number of esters is 2. The van der Waals surface area contributed by atoms with Crippen molar-refractivity contribution < 1.29 is 123 Å². The highest BCUT2D eigenvalue weighted by Crippen LogP contribution is 2.53. The molecule has 0 amide bonds. The lowest BCUT2D eigenvalue weighted by atomic mass is 9.85. The van der Waals surface area contributed by atoms with Crippen LogP contribution in [0.2, 0.25) is 0 Å². The first-order valence-electron chi connectivity index (χ1n) is 20.5. The van der Waals surface area contributed by atoms with Crippen LogP contribution in [0.4, 0.5) is 0 Å². The highest BCUT2D eigenvalue weighted by atomic mass is 31.2. The average Bonchev–Trinajstić information content (AvgIpc) is 3.22. The minimum atomic E-state index is -5.82. The van der Waals surface area contributed by atoms with Gasteiger partial charge in [0.05, 0.1) is 6.61 Å². The van der Waals surface area contributed by atoms with Crippen LogP contribution in [0.5, 0.6) is 0 Å². The summed E-state index contributed by atoms with van der Waals surface area (Å²) in [5.41, 5.74) is 0. The molecule has 0 spiro atoms. The maximum atomic E-state index is 13.2. The number of carbonyl (C=O) groups excluding carboxylic acids is 2. The second-order valence-electron chi connectivity index (χ2n) is 14.1. The Labute approximate surface area is 414 Å². The van der Waals surface area contributed by atoms with Crippen LogP contribution < -0.4 is 6.15 Å². The van der Waals surface area contributed by atoms with Crippen molar-refractivity contribution in [1.82, 2.24) is 6.15 Å². The Balaban J connectivity index is -0.000000267. The average molecular weight is 1070 g/mol. The van der Waals surface area contributed by atoms with E-state index in [0.717, 1.165) is 32.1 Å². The third kappa shape index (κ3) is 32.1. The van der Waals surface area contributed by atoms with E-state index in [1.165, 1.54) is 38.5 Å². The van der Waals surface area contributed by atoms with Gasteiger partial charge in [-0.1, -0.05) is 89.9 Å². The van der Waals surface area contributed by atoms with E-state index in [9.17, 15) is 72.3 Å². The van der Waals surface area contributed by atoms with Crippen LogP contribution in [-0.4, -0.2) is 112 Å². The van der Waals surface area contributed by atoms with E-state index in [1.54, 1.807) is 6.92 Å². The van der Waals surface area contributed by atoms with Crippen LogP contribution in [0.3, 0.4) is 0 Å². The zero-order valence-corrected chi connectivity index (χ0v) is 40.8. The van der Waals surface area contributed by atoms with Gasteiger partial charge in [-0.2, -0.15) is 0 Å². The molecule has 1 saturated carbocycles. The van der Waals surface area contributed by atoms with Crippen molar-refractivity contribution >= 4 is 43.2 Å². The highest BCUT2D eigenvalue weighted by molar-refractivity contribution is 7.47. The predicted molar refractivity (Wildman–Crippen MR) is 267 cm³/mol. The van der Waals surface area contributed by atoms with Crippen molar-refractivity contribution in [3.8, 4) is 82.9 Å². The summed E-state index contributed by atoms with van der Waals surface area (Å²) in [4.78, 5) is 92.0. The molecule has 68 heavy (non-hydrogen) atoms. The molecule has 0 radical (unpaired) electrons. The van der Waals surface area contributed by atoms with Gasteiger partial charge in [0.15, 0.2) is 6.10 Å². The molecule has 1 aliphatic carbocycles. The lowest BCUT2D eigenvalue weighted by molar-refractivity contribution is -0.209. The van der Waals surface area contributed by atoms with E-state index in [1.807, 2.05) is 5.92 Å². The second-order valence-corrected chi connectivity index (χ2v) is 19.1. The predicted octanol–water partition coefficient (Wildman–Crippen LogP) is 6.00. The van der Waals surface area contributed by atoms with Crippen LogP contribution >= 0.6 is 31.3 Å². The number of rotatable bonds is 28. The van der Waals surface area contributed by atoms with Crippen molar-refractivity contribution in [1.29, 1.82) is 0 Å². The Kier molecular flexibility index (Phi) is 32.5. The lowest BCUT2D eigenvalue weighted by Crippen LogP contribution is -2.65. The van der Waals surface area contributed by atoms with Crippen LogP contribution in [0, 0.1) is 82.9 Å². The molecule has 27 heteroatoms. The van der Waals surface area contributed by atoms with E-state index in [4.69, 9.17) is 18.5 Å². The van der Waals surface area contributed by atoms with E-state index >= 15 is 0 Å². The molecule has 1 fully saturated rings. The minimum absolute atomic E-state index is 0. The molecule has 404 valence electrons. The summed E-state index contributed by atoms with van der Waals surface area (Å²) in [6, 6.07) is 0. The summed E-state index contributed by atoms with van der Waals surface area (Å²) in [5.74, 6) is 30.9. The molecule has 8 atom stereocenters. The number of aliphatic hydroxyl groups is 2. The summed E-state index contributed by atoms with van der Waals surface area (Å²) in [7, 11) is -23.2. The summed E-state index contributed by atoms with van der Waals surface area (Å²) < 4.78 is 81.1. The maximum Gasteiger partial charge on any atom is 0.472 e. The summed E-state index contributed by atoms with van der Waals surface area (Å²) in [6.45, 7) is 1.80. The Bertz CT molecular complexity index is 2280. The standard InChI is InChI=1S/C41H54O22P4.H3N.13H2/c1-3-5-7-9-11-13-15-17-19-21-23-25-27-29-34(42)57-31-33(59-35(43)30-28-26-24-22-20-18-16-14-12-10-8-6-4-2)32-58-67(55,56)63-38-36(44)39(60-64(46,47)48)41(62-66(52,53)54)40(37(38)45)61-65(49,50)51;;;;;;;;;;;;;;/h33,36-41,44-45H,4,6,8,10,12,14,16,18,20,22,24,26,28,30-32H2,1-2H3,(H,55,56)(H2,46,47,48)(H2,49,50,51)(H2,52,53,54);1H3;13*1H/t33-,36+,37?,38?,39+,40-,41?;;;;;;;;;;;;;;/m1............../s1. The van der Waals surface area contributed by atoms with Gasteiger partial charge >= 0.3 is 43.2 Å². The lowest BCUT2D eigenvalue weighted by Gasteiger charge is -2.45. The number of ether oxygens (including phenoxy) is 2. The van der Waals surface area contributed by atoms with Crippen LogP contribution in [0.15, 0.2) is 0 Å². The monoisotopic (exact) mass is 1070 g/mol. The molecule has 0 aromatic heterocycles. The van der Waals surface area contributed by atoms with Gasteiger partial charge in [-0.05, 0) is 84.4 Å². The van der Waals surface area contributed by atoms with Crippen LogP contribution in [0.25, 0.3) is 0 Å². The van der Waals surface area contributed by atoms with Gasteiger partial charge in [0, 0.05) is 30.9 Å². The van der Waals surface area contributed by atoms with Gasteiger partial charge in [-0.15, -0.1) is 0 Å². The van der Waals surface area contributed by atoms with Gasteiger partial charge in [0.25, 0.3) is 0 Å². The first kappa shape index (κ1) is 64.2. The fourth-order valence-electron chi connectivity index (χ4n) is 5.79. The minimum Gasteiger partial charge on any atom is -0.456 e. The van der Waals surface area contributed by atoms with Gasteiger partial charge in [-0.3, -0.25) is 27.4 Å². The number of hydrogen-bond acceptors (Lipinski definition) is 16. The molecule has 0 heterocycles. The summed E-state index contributed by atoms with van der Waals surface area (Å²) >= 11 is 0. The van der Waals surface area contributed by atoms with E-state index in [0.29, 0.717) is 12.8 Å². The molecule has 0 saturated heterocycles. The number of unbranched alkanes of at least 4 members (excludes halogenated alkanes) is 12. The first-order valence-corrected chi connectivity index (χ1v) is 26.6. The van der Waals surface area contributed by atoms with E-state index < -0.39 is 99.2 Å². The molecule has 0 aliphatic heterocycles. The summed E-state index contributed by atoms with van der Waals surface area (Å²) in [5, 5.41) is 21.7. The van der Waals surface area contributed by atoms with Crippen LogP contribution in [-0.2, 0) is 59.9 Å². The smallest absolute Gasteiger partial charge is 0.456 e. The topological polar surface area (TPSA) is 384 Å². The normalized spacial score (nSPS) is 19.8. The second kappa shape index (κ2) is 34.5. The van der Waals surface area contributed by atoms with Crippen LogP contribution in [0.1, 0.15) is 122 Å². The third-order valence-electron chi connectivity index (χ3n) is 8.61.